The second-order valence-electron chi connectivity index (χ2n) is 2.83. The number of imide groups is 1. The summed E-state index contributed by atoms with van der Waals surface area (Å²) in [5.41, 5.74) is 9.97. The molecule has 0 aliphatic rings. The maximum absolute atomic E-state index is 10.9. The van der Waals surface area contributed by atoms with Crippen LogP contribution in [0.4, 0.5) is 9.59 Å². The average Bonchev–Trinajstić information content (AvgIpc) is 2.10. The van der Waals surface area contributed by atoms with Gasteiger partial charge < -0.3 is 21.9 Å². The van der Waals surface area contributed by atoms with Gasteiger partial charge in [0.25, 0.3) is 0 Å². The molecule has 0 bridgehead atoms. The van der Waals surface area contributed by atoms with Gasteiger partial charge in [-0.25, -0.2) is 9.59 Å². The maximum atomic E-state index is 10.9. The molecule has 0 spiro atoms. The zero-order valence-corrected chi connectivity index (χ0v) is 8.03. The number of nitrogens with two attached hydrogens (primary N) is 2. The lowest BCUT2D eigenvalue weighted by Crippen LogP contribution is -2.41. The van der Waals surface area contributed by atoms with E-state index in [-0.39, 0.29) is 19.4 Å². The zero-order chi connectivity index (χ0) is 11.8. The van der Waals surface area contributed by atoms with Crippen LogP contribution in [-0.2, 0) is 4.79 Å². The van der Waals surface area contributed by atoms with Crippen molar-refractivity contribution in [1.82, 2.24) is 10.6 Å². The molecule has 0 aromatic carbocycles. The van der Waals surface area contributed by atoms with E-state index in [0.717, 1.165) is 0 Å². The van der Waals surface area contributed by atoms with Gasteiger partial charge in [-0.2, -0.15) is 0 Å². The number of carbonyl (C=O) groups excluding carboxylic acids is 2. The monoisotopic (exact) mass is 218 g/mol. The molecule has 0 aromatic heterocycles. The number of urea groups is 1. The minimum absolute atomic E-state index is 0.0227. The van der Waals surface area contributed by atoms with E-state index in [4.69, 9.17) is 16.6 Å². The molecule has 0 aliphatic heterocycles. The van der Waals surface area contributed by atoms with Gasteiger partial charge >= 0.3 is 12.1 Å². The van der Waals surface area contributed by atoms with Crippen LogP contribution in [0.15, 0.2) is 0 Å². The fraction of sp³-hybridized carbons (Fsp3) is 0.571. The van der Waals surface area contributed by atoms with Gasteiger partial charge in [0, 0.05) is 19.0 Å². The lowest BCUT2D eigenvalue weighted by atomic mass is 10.1. The molecule has 0 heterocycles. The summed E-state index contributed by atoms with van der Waals surface area (Å²) in [5, 5.41) is 12.4. The van der Waals surface area contributed by atoms with Crippen molar-refractivity contribution in [2.24, 2.45) is 11.5 Å². The second kappa shape index (κ2) is 6.60. The van der Waals surface area contributed by atoms with E-state index in [1.165, 1.54) is 0 Å². The topological polar surface area (TPSA) is 148 Å². The Labute approximate surface area is 86.0 Å². The molecule has 8 heteroatoms. The standard InChI is InChI=1S/C7H14N4O4/c8-3-4(10-7(14)15)1-2-5(12)11-6(9)13/h4,10H,1-3,8H2,(H,14,15)(H3,9,11,12,13). The summed E-state index contributed by atoms with van der Waals surface area (Å²) in [4.78, 5) is 31.4. The normalized spacial score (nSPS) is 11.5. The summed E-state index contributed by atoms with van der Waals surface area (Å²) in [6, 6.07) is -1.45. The van der Waals surface area contributed by atoms with Gasteiger partial charge in [-0.1, -0.05) is 0 Å². The highest BCUT2D eigenvalue weighted by Gasteiger charge is 2.12. The Hall–Kier alpha value is -1.83. The molecule has 1 unspecified atom stereocenters. The fourth-order valence-corrected chi connectivity index (χ4v) is 0.929. The number of primary amides is 1. The Balaban J connectivity index is 3.84. The summed E-state index contributed by atoms with van der Waals surface area (Å²) in [7, 11) is 0. The molecule has 7 N–H and O–H groups in total. The van der Waals surface area contributed by atoms with E-state index >= 15 is 0 Å². The minimum atomic E-state index is -1.21. The van der Waals surface area contributed by atoms with Crippen LogP contribution in [0.3, 0.4) is 0 Å². The van der Waals surface area contributed by atoms with Crippen LogP contribution in [0, 0.1) is 0 Å². The minimum Gasteiger partial charge on any atom is -0.465 e. The fourth-order valence-electron chi connectivity index (χ4n) is 0.929. The van der Waals surface area contributed by atoms with Gasteiger partial charge in [0.1, 0.15) is 0 Å². The van der Waals surface area contributed by atoms with Crippen molar-refractivity contribution in [1.29, 1.82) is 0 Å². The van der Waals surface area contributed by atoms with Crippen molar-refractivity contribution in [2.45, 2.75) is 18.9 Å². The van der Waals surface area contributed by atoms with Crippen molar-refractivity contribution in [3.63, 3.8) is 0 Å². The number of amides is 4. The van der Waals surface area contributed by atoms with Crippen molar-refractivity contribution < 1.29 is 19.5 Å². The van der Waals surface area contributed by atoms with Gasteiger partial charge in [0.05, 0.1) is 0 Å². The van der Waals surface area contributed by atoms with E-state index in [2.05, 4.69) is 5.32 Å². The molecule has 1 atom stereocenters. The summed E-state index contributed by atoms with van der Waals surface area (Å²) in [6.07, 6.45) is -1.02. The van der Waals surface area contributed by atoms with Crippen LogP contribution in [0.2, 0.25) is 0 Å². The number of nitrogens with one attached hydrogen (secondary N) is 2. The van der Waals surface area contributed by atoms with E-state index in [0.29, 0.717) is 0 Å². The second-order valence-corrected chi connectivity index (χ2v) is 2.83. The maximum Gasteiger partial charge on any atom is 0.404 e. The molecule has 86 valence electrons. The van der Waals surface area contributed by atoms with Gasteiger partial charge in [0.15, 0.2) is 0 Å². The van der Waals surface area contributed by atoms with Crippen molar-refractivity contribution in [3.8, 4) is 0 Å². The molecule has 0 saturated heterocycles. The smallest absolute Gasteiger partial charge is 0.404 e. The molecular weight excluding hydrogens is 204 g/mol. The van der Waals surface area contributed by atoms with E-state index in [9.17, 15) is 14.4 Å². The van der Waals surface area contributed by atoms with Gasteiger partial charge in [-0.05, 0) is 6.42 Å². The van der Waals surface area contributed by atoms with Crippen LogP contribution in [-0.4, -0.2) is 35.7 Å². The number of rotatable bonds is 5. The number of carbonyl (C=O) groups is 3. The van der Waals surface area contributed by atoms with Crippen LogP contribution in [0.25, 0.3) is 0 Å². The Morgan fingerprint density at radius 1 is 1.33 bits per heavy atom. The lowest BCUT2D eigenvalue weighted by Gasteiger charge is -2.13. The van der Waals surface area contributed by atoms with E-state index in [1.54, 1.807) is 0 Å². The largest absolute Gasteiger partial charge is 0.465 e. The first-order chi connectivity index (χ1) is 6.95. The summed E-state index contributed by atoms with van der Waals surface area (Å²) in [6.45, 7) is 0.0795. The molecular formula is C7H14N4O4. The summed E-state index contributed by atoms with van der Waals surface area (Å²) < 4.78 is 0. The number of carboxylic acid groups (broad SMARTS) is 1. The van der Waals surface area contributed by atoms with Crippen molar-refractivity contribution in [3.05, 3.63) is 0 Å². The van der Waals surface area contributed by atoms with Gasteiger partial charge in [-0.15, -0.1) is 0 Å². The first kappa shape index (κ1) is 13.2. The summed E-state index contributed by atoms with van der Waals surface area (Å²) in [5.74, 6) is -0.562. The van der Waals surface area contributed by atoms with Crippen LogP contribution < -0.4 is 22.1 Å². The quantitative estimate of drug-likeness (QED) is 0.383. The lowest BCUT2D eigenvalue weighted by molar-refractivity contribution is -0.120. The van der Waals surface area contributed by atoms with Crippen molar-refractivity contribution in [2.75, 3.05) is 6.54 Å². The Bertz CT molecular complexity index is 255. The van der Waals surface area contributed by atoms with Gasteiger partial charge in [0.2, 0.25) is 5.91 Å². The third-order valence-corrected chi connectivity index (χ3v) is 1.59. The molecule has 0 rings (SSSR count). The predicted octanol–water partition coefficient (Wildman–Crippen LogP) is -1.44. The molecule has 0 fully saturated rings. The molecule has 0 aliphatic carbocycles. The highest BCUT2D eigenvalue weighted by atomic mass is 16.4. The first-order valence-corrected chi connectivity index (χ1v) is 4.24. The van der Waals surface area contributed by atoms with E-state index < -0.39 is 24.1 Å². The molecule has 0 radical (unpaired) electrons. The highest BCUT2D eigenvalue weighted by Crippen LogP contribution is 1.95. The molecule has 8 nitrogen and oxygen atoms in total. The Morgan fingerprint density at radius 3 is 2.33 bits per heavy atom. The zero-order valence-electron chi connectivity index (χ0n) is 8.03. The Kier molecular flexibility index (Phi) is 5.79. The highest BCUT2D eigenvalue weighted by molar-refractivity contribution is 5.93. The third kappa shape index (κ3) is 7.26. The van der Waals surface area contributed by atoms with Crippen molar-refractivity contribution >= 4 is 18.0 Å². The molecule has 0 aromatic rings. The molecule has 15 heavy (non-hydrogen) atoms. The van der Waals surface area contributed by atoms with Crippen LogP contribution in [0.1, 0.15) is 12.8 Å². The average molecular weight is 218 g/mol. The SMILES string of the molecule is NCC(CCC(=O)NC(N)=O)NC(=O)O. The van der Waals surface area contributed by atoms with Gasteiger partial charge in [-0.3, -0.25) is 10.1 Å². The Morgan fingerprint density at radius 2 is 1.93 bits per heavy atom. The number of hydrogen-bond donors (Lipinski definition) is 5. The van der Waals surface area contributed by atoms with Crippen LogP contribution >= 0.6 is 0 Å². The number of hydrogen-bond acceptors (Lipinski definition) is 4. The first-order valence-electron chi connectivity index (χ1n) is 4.24. The molecule has 0 saturated carbocycles. The summed E-state index contributed by atoms with van der Waals surface area (Å²) >= 11 is 0. The van der Waals surface area contributed by atoms with Crippen LogP contribution in [0.5, 0.6) is 0 Å². The van der Waals surface area contributed by atoms with E-state index in [1.807, 2.05) is 5.32 Å². The molecule has 4 amide bonds. The third-order valence-electron chi connectivity index (χ3n) is 1.59. The predicted molar refractivity (Wildman–Crippen MR) is 51.0 cm³/mol.